The third-order valence-corrected chi connectivity index (χ3v) is 8.05. The molecule has 164 valence electrons. The van der Waals surface area contributed by atoms with E-state index in [4.69, 9.17) is 9.32 Å². The summed E-state index contributed by atoms with van der Waals surface area (Å²) in [5.74, 6) is 1.95. The molecule has 3 aliphatic rings. The van der Waals surface area contributed by atoms with E-state index in [0.717, 1.165) is 56.2 Å². The van der Waals surface area contributed by atoms with Crippen molar-refractivity contribution in [3.63, 3.8) is 0 Å². The molecule has 0 spiro atoms. The van der Waals surface area contributed by atoms with Crippen molar-refractivity contribution in [2.24, 2.45) is 22.4 Å². The van der Waals surface area contributed by atoms with E-state index >= 15 is 0 Å². The first-order chi connectivity index (χ1) is 14.1. The van der Waals surface area contributed by atoms with Crippen LogP contribution in [0.1, 0.15) is 63.0 Å². The Morgan fingerprint density at radius 2 is 2.10 bits per heavy atom. The van der Waals surface area contributed by atoms with E-state index < -0.39 is 10.3 Å². The van der Waals surface area contributed by atoms with Crippen LogP contribution in [0.4, 0.5) is 0 Å². The van der Waals surface area contributed by atoms with E-state index in [1.54, 1.807) is 6.07 Å². The normalized spacial score (nSPS) is 30.0. The first-order valence-electron chi connectivity index (χ1n) is 10.9. The van der Waals surface area contributed by atoms with Crippen LogP contribution in [0.25, 0.3) is 0 Å². The van der Waals surface area contributed by atoms with Gasteiger partial charge in [0.2, 0.25) is 5.91 Å². The van der Waals surface area contributed by atoms with Crippen LogP contribution in [-0.4, -0.2) is 32.8 Å². The molecule has 0 aliphatic heterocycles. The first-order valence-corrected chi connectivity index (χ1v) is 12.4. The van der Waals surface area contributed by atoms with Gasteiger partial charge in [0.15, 0.2) is 0 Å². The number of amides is 1. The third kappa shape index (κ3) is 3.66. The number of carbonyl (C=O) groups is 1. The van der Waals surface area contributed by atoms with E-state index in [-0.39, 0.29) is 17.1 Å². The minimum atomic E-state index is -4.02. The summed E-state index contributed by atoms with van der Waals surface area (Å²) in [6.07, 6.45) is 8.14. The quantitative estimate of drug-likeness (QED) is 0.771. The minimum Gasteiger partial charge on any atom is -0.371 e. The Labute approximate surface area is 179 Å². The highest BCUT2D eigenvalue weighted by Gasteiger charge is 2.53. The zero-order chi connectivity index (χ0) is 21.7. The molecule has 1 saturated carbocycles. The molecule has 3 aliphatic carbocycles. The third-order valence-electron chi connectivity index (χ3n) is 7.63. The average molecular weight is 433 g/mol. The van der Waals surface area contributed by atoms with E-state index in [1.165, 1.54) is 5.56 Å². The van der Waals surface area contributed by atoms with Gasteiger partial charge in [-0.3, -0.25) is 4.79 Å². The van der Waals surface area contributed by atoms with Gasteiger partial charge < -0.3 is 9.08 Å². The number of aryl methyl sites for hydroxylation is 1. The highest BCUT2D eigenvalue weighted by Crippen LogP contribution is 2.61. The van der Waals surface area contributed by atoms with Gasteiger partial charge in [0.05, 0.1) is 0 Å². The Morgan fingerprint density at radius 1 is 1.33 bits per heavy atom. The summed E-state index contributed by atoms with van der Waals surface area (Å²) in [6, 6.07) is 5.55. The summed E-state index contributed by atoms with van der Waals surface area (Å²) < 4.78 is 27.4. The van der Waals surface area contributed by atoms with Gasteiger partial charge in [-0.25, -0.2) is 0 Å². The van der Waals surface area contributed by atoms with Crippen LogP contribution < -0.4 is 9.32 Å². The van der Waals surface area contributed by atoms with Gasteiger partial charge >= 0.3 is 10.3 Å². The standard InChI is InChI=1S/C23H32N2O4S/c1-4-13-25(3)22(26)21-10-9-20-19-7-5-15-14-16(29-30(24,27)28)6-8-17(15)18(19)11-12-23(20,21)2/h6,8,10,14,18-20H,4-5,7,9,11-13H2,1-3H3,(H2,24,27,28). The topological polar surface area (TPSA) is 89.7 Å². The van der Waals surface area contributed by atoms with Crippen LogP contribution >= 0.6 is 0 Å². The molecule has 0 bridgehead atoms. The molecule has 2 N–H and O–H groups in total. The lowest BCUT2D eigenvalue weighted by Gasteiger charge is -2.50. The fourth-order valence-electron chi connectivity index (χ4n) is 6.29. The SMILES string of the molecule is CCCN(C)C(=O)C1=CCC2C3CCc4cc(OS(N)(=O)=O)ccc4C3CCC12C. The van der Waals surface area contributed by atoms with Crippen molar-refractivity contribution in [3.8, 4) is 5.75 Å². The van der Waals surface area contributed by atoms with Gasteiger partial charge in [-0.2, -0.15) is 13.6 Å². The summed E-state index contributed by atoms with van der Waals surface area (Å²) in [6.45, 7) is 5.18. The lowest BCUT2D eigenvalue weighted by Crippen LogP contribution is -2.44. The minimum absolute atomic E-state index is 0.0472. The van der Waals surface area contributed by atoms with E-state index in [0.29, 0.717) is 17.8 Å². The zero-order valence-electron chi connectivity index (χ0n) is 18.1. The van der Waals surface area contributed by atoms with Crippen molar-refractivity contribution >= 4 is 16.2 Å². The smallest absolute Gasteiger partial charge is 0.371 e. The molecular weight excluding hydrogens is 400 g/mol. The lowest BCUT2D eigenvalue weighted by atomic mass is 9.54. The maximum atomic E-state index is 13.1. The maximum Gasteiger partial charge on any atom is 0.380 e. The second kappa shape index (κ2) is 7.68. The van der Waals surface area contributed by atoms with Crippen LogP contribution in [-0.2, 0) is 21.5 Å². The first kappa shape index (κ1) is 21.4. The van der Waals surface area contributed by atoms with Gasteiger partial charge in [0, 0.05) is 24.6 Å². The molecule has 0 aromatic heterocycles. The number of nitrogens with two attached hydrogens (primary N) is 1. The number of nitrogens with zero attached hydrogens (tertiary/aromatic N) is 1. The Hall–Kier alpha value is -1.86. The summed E-state index contributed by atoms with van der Waals surface area (Å²) in [5, 5.41) is 5.01. The Morgan fingerprint density at radius 3 is 2.80 bits per heavy atom. The van der Waals surface area contributed by atoms with Crippen LogP contribution in [0.15, 0.2) is 29.8 Å². The molecule has 4 unspecified atom stereocenters. The molecule has 1 fully saturated rings. The van der Waals surface area contributed by atoms with E-state index in [1.807, 2.05) is 24.1 Å². The molecule has 30 heavy (non-hydrogen) atoms. The van der Waals surface area contributed by atoms with Gasteiger partial charge in [-0.15, -0.1) is 0 Å². The van der Waals surface area contributed by atoms with E-state index in [2.05, 4.69) is 19.9 Å². The monoisotopic (exact) mass is 432 g/mol. The van der Waals surface area contributed by atoms with Crippen molar-refractivity contribution in [2.75, 3.05) is 13.6 Å². The fraction of sp³-hybridized carbons (Fsp3) is 0.609. The molecule has 1 aromatic carbocycles. The second-order valence-corrected chi connectivity index (χ2v) is 10.5. The van der Waals surface area contributed by atoms with Gasteiger partial charge in [-0.05, 0) is 79.5 Å². The average Bonchev–Trinajstić information content (AvgIpc) is 3.03. The fourth-order valence-corrected chi connectivity index (χ4v) is 6.66. The predicted molar refractivity (Wildman–Crippen MR) is 116 cm³/mol. The number of benzene rings is 1. The van der Waals surface area contributed by atoms with Crippen LogP contribution in [0, 0.1) is 17.3 Å². The van der Waals surface area contributed by atoms with Crippen molar-refractivity contribution in [2.45, 2.75) is 58.3 Å². The molecule has 4 rings (SSSR count). The molecule has 1 aromatic rings. The number of fused-ring (bicyclic) bond motifs is 5. The lowest BCUT2D eigenvalue weighted by molar-refractivity contribution is -0.127. The molecule has 6 nitrogen and oxygen atoms in total. The van der Waals surface area contributed by atoms with Crippen molar-refractivity contribution < 1.29 is 17.4 Å². The molecular formula is C23H32N2O4S. The van der Waals surface area contributed by atoms with Gasteiger partial charge in [-0.1, -0.05) is 26.0 Å². The number of likely N-dealkylation sites (N-methyl/N-ethyl adjacent to an activating group) is 1. The predicted octanol–water partition coefficient (Wildman–Crippen LogP) is 3.53. The molecule has 4 atom stereocenters. The number of allylic oxidation sites excluding steroid dienone is 1. The molecule has 0 saturated heterocycles. The van der Waals surface area contributed by atoms with Crippen LogP contribution in [0.5, 0.6) is 5.75 Å². The largest absolute Gasteiger partial charge is 0.380 e. The number of hydrogen-bond acceptors (Lipinski definition) is 4. The highest BCUT2D eigenvalue weighted by atomic mass is 32.2. The highest BCUT2D eigenvalue weighted by molar-refractivity contribution is 7.84. The van der Waals surface area contributed by atoms with Crippen LogP contribution in [0.3, 0.4) is 0 Å². The van der Waals surface area contributed by atoms with Crippen molar-refractivity contribution in [3.05, 3.63) is 41.0 Å². The van der Waals surface area contributed by atoms with Gasteiger partial charge in [0.25, 0.3) is 0 Å². The molecule has 0 heterocycles. The molecule has 0 radical (unpaired) electrons. The van der Waals surface area contributed by atoms with Crippen molar-refractivity contribution in [1.29, 1.82) is 0 Å². The maximum absolute atomic E-state index is 13.1. The Bertz CT molecular complexity index is 987. The van der Waals surface area contributed by atoms with Crippen molar-refractivity contribution in [1.82, 2.24) is 4.90 Å². The number of rotatable bonds is 5. The summed E-state index contributed by atoms with van der Waals surface area (Å²) >= 11 is 0. The number of carbonyl (C=O) groups excluding carboxylic acids is 1. The molecule has 7 heteroatoms. The summed E-state index contributed by atoms with van der Waals surface area (Å²) in [7, 11) is -2.11. The summed E-state index contributed by atoms with van der Waals surface area (Å²) in [5.41, 5.74) is 3.43. The Kier molecular flexibility index (Phi) is 5.47. The van der Waals surface area contributed by atoms with E-state index in [9.17, 15) is 13.2 Å². The number of hydrogen-bond donors (Lipinski definition) is 1. The second-order valence-electron chi connectivity index (χ2n) is 9.39. The van der Waals surface area contributed by atoms with Gasteiger partial charge in [0.1, 0.15) is 5.75 Å². The summed E-state index contributed by atoms with van der Waals surface area (Å²) in [4.78, 5) is 15.0. The molecule has 1 amide bonds. The Balaban J connectivity index is 1.56. The van der Waals surface area contributed by atoms with Crippen LogP contribution in [0.2, 0.25) is 0 Å². The zero-order valence-corrected chi connectivity index (χ0v) is 18.9.